The predicted molar refractivity (Wildman–Crippen MR) is 138 cm³/mol. The van der Waals surface area contributed by atoms with Crippen molar-refractivity contribution >= 4 is 41.2 Å². The van der Waals surface area contributed by atoms with Gasteiger partial charge < -0.3 is 19.3 Å². The van der Waals surface area contributed by atoms with Crippen LogP contribution in [0.3, 0.4) is 0 Å². The normalized spacial score (nSPS) is 23.3. The second-order valence-corrected chi connectivity index (χ2v) is 11.2. The van der Waals surface area contributed by atoms with Crippen molar-refractivity contribution in [2.24, 2.45) is 0 Å². The summed E-state index contributed by atoms with van der Waals surface area (Å²) in [4.78, 5) is 53.6. The highest BCUT2D eigenvalue weighted by atomic mass is 35.5. The fourth-order valence-corrected chi connectivity index (χ4v) is 5.02. The Bertz CT molecular complexity index is 1090. The molecule has 0 saturated carbocycles. The highest BCUT2D eigenvalue weighted by Crippen LogP contribution is 2.30. The van der Waals surface area contributed by atoms with Crippen molar-refractivity contribution in [2.75, 3.05) is 37.6 Å². The maximum absolute atomic E-state index is 14.8. The van der Waals surface area contributed by atoms with Crippen LogP contribution in [0.25, 0.3) is 0 Å². The number of halogens is 2. The van der Waals surface area contributed by atoms with Gasteiger partial charge in [-0.25, -0.2) is 14.0 Å². The number of carbonyl (C=O) groups is 4. The second-order valence-electron chi connectivity index (χ2n) is 10.8. The van der Waals surface area contributed by atoms with E-state index in [9.17, 15) is 23.6 Å². The van der Waals surface area contributed by atoms with E-state index < -0.39 is 30.0 Å². The summed E-state index contributed by atoms with van der Waals surface area (Å²) in [5, 5.41) is 2.56. The molecule has 38 heavy (non-hydrogen) atoms. The number of urea groups is 1. The average Bonchev–Trinajstić information content (AvgIpc) is 2.85. The van der Waals surface area contributed by atoms with Crippen LogP contribution >= 0.6 is 11.6 Å². The molecular formula is C26H34ClFN4O6. The van der Waals surface area contributed by atoms with Gasteiger partial charge in [-0.2, -0.15) is 0 Å². The number of anilines is 1. The summed E-state index contributed by atoms with van der Waals surface area (Å²) < 4.78 is 26.2. The Kier molecular flexibility index (Phi) is 8.46. The molecule has 208 valence electrons. The zero-order valence-corrected chi connectivity index (χ0v) is 22.6. The van der Waals surface area contributed by atoms with Crippen molar-refractivity contribution in [3.8, 4) is 0 Å². The first kappa shape index (κ1) is 28.1. The number of carbonyl (C=O) groups excluding carboxylic acids is 4. The number of hydrogen-bond donors (Lipinski definition) is 1. The molecule has 3 fully saturated rings. The maximum atomic E-state index is 14.8. The van der Waals surface area contributed by atoms with Gasteiger partial charge in [-0.15, -0.1) is 0 Å². The van der Waals surface area contributed by atoms with Crippen LogP contribution in [0, 0.1) is 0 Å². The van der Waals surface area contributed by atoms with Gasteiger partial charge >= 0.3 is 12.1 Å². The number of rotatable bonds is 4. The quantitative estimate of drug-likeness (QED) is 0.609. The van der Waals surface area contributed by atoms with E-state index in [4.69, 9.17) is 21.1 Å². The minimum absolute atomic E-state index is 0.0704. The molecule has 12 heteroatoms. The van der Waals surface area contributed by atoms with Crippen LogP contribution in [0.5, 0.6) is 0 Å². The van der Waals surface area contributed by atoms with E-state index in [0.29, 0.717) is 55.2 Å². The molecular weight excluding hydrogens is 519 g/mol. The number of imide groups is 1. The van der Waals surface area contributed by atoms with E-state index in [1.807, 2.05) is 0 Å². The standard InChI is InChI=1S/C26H34ClFN4O6/c1-26(2,3)38-25(36)31-12-8-21(19(28)15-31)37-17-6-10-30(11-7-17)23(34)16-4-5-18(27)20(14-16)32-13-9-22(33)29-24(32)35/h4-5,14,17,19,21H,6-13,15H2,1-3H3,(H,29,33,35)/t19-,21-/m1/s1. The van der Waals surface area contributed by atoms with Gasteiger partial charge in [0.25, 0.3) is 5.91 Å². The molecule has 4 rings (SSSR count). The lowest BCUT2D eigenvalue weighted by Gasteiger charge is -2.39. The van der Waals surface area contributed by atoms with Crippen molar-refractivity contribution in [2.45, 2.75) is 70.4 Å². The van der Waals surface area contributed by atoms with Crippen molar-refractivity contribution in [1.29, 1.82) is 0 Å². The average molecular weight is 553 g/mol. The molecule has 0 radical (unpaired) electrons. The van der Waals surface area contributed by atoms with Gasteiger partial charge in [-0.05, 0) is 58.2 Å². The smallest absolute Gasteiger partial charge is 0.410 e. The molecule has 0 bridgehead atoms. The number of benzene rings is 1. The SMILES string of the molecule is CC(C)(C)OC(=O)N1CC[C@@H](OC2CCN(C(=O)c3ccc(Cl)c(N4CCC(=O)NC4=O)c3)CC2)[C@H](F)C1. The molecule has 0 unspecified atom stereocenters. The topological polar surface area (TPSA) is 108 Å². The number of nitrogens with zero attached hydrogens (tertiary/aromatic N) is 3. The first-order valence-corrected chi connectivity index (χ1v) is 13.3. The van der Waals surface area contributed by atoms with E-state index in [1.54, 1.807) is 43.9 Å². The van der Waals surface area contributed by atoms with Crippen molar-refractivity contribution < 1.29 is 33.0 Å². The molecule has 3 aliphatic heterocycles. The molecule has 0 aliphatic carbocycles. The lowest BCUT2D eigenvalue weighted by atomic mass is 10.0. The van der Waals surface area contributed by atoms with Gasteiger partial charge in [-0.1, -0.05) is 11.6 Å². The Morgan fingerprint density at radius 2 is 1.74 bits per heavy atom. The van der Waals surface area contributed by atoms with E-state index >= 15 is 0 Å². The lowest BCUT2D eigenvalue weighted by molar-refractivity contribution is -0.120. The van der Waals surface area contributed by atoms with E-state index in [1.165, 1.54) is 9.80 Å². The Morgan fingerprint density at radius 1 is 1.05 bits per heavy atom. The molecule has 0 aromatic heterocycles. The van der Waals surface area contributed by atoms with Gasteiger partial charge in [0.1, 0.15) is 11.8 Å². The number of ether oxygens (including phenoxy) is 2. The zero-order valence-electron chi connectivity index (χ0n) is 21.9. The van der Waals surface area contributed by atoms with Crippen LogP contribution in [0.15, 0.2) is 18.2 Å². The number of likely N-dealkylation sites (tertiary alicyclic amines) is 2. The van der Waals surface area contributed by atoms with Gasteiger partial charge in [0.15, 0.2) is 0 Å². The summed E-state index contributed by atoms with van der Waals surface area (Å²) in [5.41, 5.74) is 0.108. The van der Waals surface area contributed by atoms with Crippen LogP contribution in [-0.2, 0) is 14.3 Å². The van der Waals surface area contributed by atoms with Crippen LogP contribution < -0.4 is 10.2 Å². The first-order valence-electron chi connectivity index (χ1n) is 12.9. The molecule has 1 N–H and O–H groups in total. The fourth-order valence-electron chi connectivity index (χ4n) is 4.80. The summed E-state index contributed by atoms with van der Waals surface area (Å²) in [5.74, 6) is -0.559. The molecule has 1 aromatic carbocycles. The van der Waals surface area contributed by atoms with Gasteiger partial charge in [0.2, 0.25) is 5.91 Å². The minimum Gasteiger partial charge on any atom is -0.444 e. The number of nitrogens with one attached hydrogen (secondary N) is 1. The molecule has 3 aliphatic rings. The molecule has 2 atom stereocenters. The highest BCUT2D eigenvalue weighted by Gasteiger charge is 2.36. The van der Waals surface area contributed by atoms with E-state index in [0.717, 1.165) is 0 Å². The third-order valence-corrected chi connectivity index (χ3v) is 7.09. The first-order chi connectivity index (χ1) is 17.9. The van der Waals surface area contributed by atoms with Crippen LogP contribution in [0.1, 0.15) is 56.8 Å². The number of alkyl halides is 1. The van der Waals surface area contributed by atoms with Gasteiger partial charge in [0.05, 0.1) is 29.5 Å². The maximum Gasteiger partial charge on any atom is 0.410 e. The van der Waals surface area contributed by atoms with Crippen molar-refractivity contribution in [3.05, 3.63) is 28.8 Å². The van der Waals surface area contributed by atoms with Crippen molar-refractivity contribution in [3.63, 3.8) is 0 Å². The zero-order chi connectivity index (χ0) is 27.6. The molecule has 3 heterocycles. The monoisotopic (exact) mass is 552 g/mol. The van der Waals surface area contributed by atoms with Crippen molar-refractivity contribution in [1.82, 2.24) is 15.1 Å². The predicted octanol–water partition coefficient (Wildman–Crippen LogP) is 3.76. The van der Waals surface area contributed by atoms with Crippen LogP contribution in [-0.4, -0.2) is 90.4 Å². The lowest BCUT2D eigenvalue weighted by Crippen LogP contribution is -2.51. The summed E-state index contributed by atoms with van der Waals surface area (Å²) in [6.45, 7) is 6.66. The molecule has 10 nitrogen and oxygen atoms in total. The summed E-state index contributed by atoms with van der Waals surface area (Å²) in [6.07, 6.45) is -0.996. The number of amides is 5. The third-order valence-electron chi connectivity index (χ3n) is 6.77. The highest BCUT2D eigenvalue weighted by molar-refractivity contribution is 6.34. The Morgan fingerprint density at radius 3 is 2.37 bits per heavy atom. The minimum atomic E-state index is -1.31. The van der Waals surface area contributed by atoms with E-state index in [-0.39, 0.29) is 37.4 Å². The Hall–Kier alpha value is -2.92. The summed E-state index contributed by atoms with van der Waals surface area (Å²) in [6, 6.07) is 4.16. The Labute approximate surface area is 226 Å². The van der Waals surface area contributed by atoms with Crippen LogP contribution in [0.4, 0.5) is 19.7 Å². The number of hydrogen-bond acceptors (Lipinski definition) is 6. The second kappa shape index (κ2) is 11.4. The molecule has 0 spiro atoms. The fraction of sp³-hybridized carbons (Fsp3) is 0.615. The largest absolute Gasteiger partial charge is 0.444 e. The summed E-state index contributed by atoms with van der Waals surface area (Å²) in [7, 11) is 0. The summed E-state index contributed by atoms with van der Waals surface area (Å²) >= 11 is 6.29. The molecule has 1 aromatic rings. The number of piperidine rings is 2. The van der Waals surface area contributed by atoms with Gasteiger partial charge in [0, 0.05) is 38.2 Å². The van der Waals surface area contributed by atoms with Crippen LogP contribution in [0.2, 0.25) is 5.02 Å². The van der Waals surface area contributed by atoms with Gasteiger partial charge in [-0.3, -0.25) is 19.8 Å². The Balaban J connectivity index is 1.29. The molecule has 5 amide bonds. The van der Waals surface area contributed by atoms with E-state index in [2.05, 4.69) is 5.32 Å². The molecule has 3 saturated heterocycles. The third kappa shape index (κ3) is 6.74.